The second-order valence-electron chi connectivity index (χ2n) is 4.28. The van der Waals surface area contributed by atoms with Crippen LogP contribution in [0, 0.1) is 0 Å². The van der Waals surface area contributed by atoms with E-state index in [9.17, 15) is 4.79 Å². The van der Waals surface area contributed by atoms with Gasteiger partial charge in [-0.25, -0.2) is 4.98 Å². The molecule has 1 atom stereocenters. The summed E-state index contributed by atoms with van der Waals surface area (Å²) in [6.07, 6.45) is 1.64. The highest BCUT2D eigenvalue weighted by Gasteiger charge is 2.12. The first-order valence-corrected chi connectivity index (χ1v) is 6.02. The molecule has 0 saturated carbocycles. The smallest absolute Gasteiger partial charge is 0.241 e. The Hall–Kier alpha value is -1.66. The van der Waals surface area contributed by atoms with E-state index in [4.69, 9.17) is 10.5 Å². The Labute approximate surface area is 106 Å². The third-order valence-corrected chi connectivity index (χ3v) is 2.76. The van der Waals surface area contributed by atoms with E-state index < -0.39 is 6.04 Å². The molecule has 0 radical (unpaired) electrons. The quantitative estimate of drug-likeness (QED) is 0.801. The SMILES string of the molecule is C[C@H](N)C(=O)Nc1ccc(N2CCOCC2)nc1. The second kappa shape index (κ2) is 5.79. The predicted molar refractivity (Wildman–Crippen MR) is 69.5 cm³/mol. The number of carbonyl (C=O) groups excluding carboxylic acids is 1. The van der Waals surface area contributed by atoms with E-state index in [2.05, 4.69) is 15.2 Å². The maximum Gasteiger partial charge on any atom is 0.241 e. The summed E-state index contributed by atoms with van der Waals surface area (Å²) in [4.78, 5) is 17.9. The number of carbonyl (C=O) groups is 1. The number of nitrogens with two attached hydrogens (primary N) is 1. The molecule has 0 bridgehead atoms. The Morgan fingerprint density at radius 2 is 2.22 bits per heavy atom. The monoisotopic (exact) mass is 250 g/mol. The zero-order valence-electron chi connectivity index (χ0n) is 10.4. The summed E-state index contributed by atoms with van der Waals surface area (Å²) in [7, 11) is 0. The van der Waals surface area contributed by atoms with Crippen LogP contribution in [0.5, 0.6) is 0 Å². The van der Waals surface area contributed by atoms with Crippen molar-refractivity contribution in [3.05, 3.63) is 18.3 Å². The molecule has 1 saturated heterocycles. The van der Waals surface area contributed by atoms with Crippen LogP contribution in [0.4, 0.5) is 11.5 Å². The predicted octanol–water partition coefficient (Wildman–Crippen LogP) is 0.204. The maximum absolute atomic E-state index is 11.4. The third kappa shape index (κ3) is 3.18. The van der Waals surface area contributed by atoms with Crippen LogP contribution < -0.4 is 16.0 Å². The molecule has 1 amide bonds. The number of nitrogens with zero attached hydrogens (tertiary/aromatic N) is 2. The van der Waals surface area contributed by atoms with Crippen molar-refractivity contribution in [2.75, 3.05) is 36.5 Å². The molecule has 3 N–H and O–H groups in total. The highest BCUT2D eigenvalue weighted by atomic mass is 16.5. The summed E-state index contributed by atoms with van der Waals surface area (Å²) in [6, 6.07) is 3.20. The lowest BCUT2D eigenvalue weighted by molar-refractivity contribution is -0.117. The van der Waals surface area contributed by atoms with Crippen LogP contribution in [-0.2, 0) is 9.53 Å². The number of pyridine rings is 1. The van der Waals surface area contributed by atoms with Crippen LogP contribution in [0.1, 0.15) is 6.92 Å². The molecule has 6 nitrogen and oxygen atoms in total. The lowest BCUT2D eigenvalue weighted by atomic mass is 10.3. The molecule has 98 valence electrons. The third-order valence-electron chi connectivity index (χ3n) is 2.76. The van der Waals surface area contributed by atoms with Gasteiger partial charge in [0.05, 0.1) is 31.1 Å². The van der Waals surface area contributed by atoms with Gasteiger partial charge in [0, 0.05) is 13.1 Å². The van der Waals surface area contributed by atoms with Crippen molar-refractivity contribution in [2.24, 2.45) is 5.73 Å². The largest absolute Gasteiger partial charge is 0.378 e. The summed E-state index contributed by atoms with van der Waals surface area (Å²) in [5, 5.41) is 2.70. The standard InChI is InChI=1S/C12H18N4O2/c1-9(13)12(17)15-10-2-3-11(14-8-10)16-4-6-18-7-5-16/h2-3,8-9H,4-7,13H2,1H3,(H,15,17)/t9-/m0/s1. The van der Waals surface area contributed by atoms with E-state index >= 15 is 0 Å². The number of amides is 1. The van der Waals surface area contributed by atoms with Gasteiger partial charge in [0.25, 0.3) is 0 Å². The van der Waals surface area contributed by atoms with E-state index in [1.807, 2.05) is 12.1 Å². The molecule has 6 heteroatoms. The molecule has 1 aromatic rings. The lowest BCUT2D eigenvalue weighted by Gasteiger charge is -2.27. The number of nitrogens with one attached hydrogen (secondary N) is 1. The average Bonchev–Trinajstić information content (AvgIpc) is 2.40. The van der Waals surface area contributed by atoms with Crippen molar-refractivity contribution in [3.63, 3.8) is 0 Å². The summed E-state index contributed by atoms with van der Waals surface area (Å²) in [6.45, 7) is 4.79. The Morgan fingerprint density at radius 1 is 1.50 bits per heavy atom. The van der Waals surface area contributed by atoms with Crippen LogP contribution in [0.3, 0.4) is 0 Å². The minimum Gasteiger partial charge on any atom is -0.378 e. The molecular formula is C12H18N4O2. The van der Waals surface area contributed by atoms with Gasteiger partial charge >= 0.3 is 0 Å². The molecule has 1 aliphatic rings. The van der Waals surface area contributed by atoms with Crippen molar-refractivity contribution in [1.82, 2.24) is 4.98 Å². The maximum atomic E-state index is 11.4. The molecule has 0 spiro atoms. The van der Waals surface area contributed by atoms with E-state index in [0.29, 0.717) is 5.69 Å². The van der Waals surface area contributed by atoms with Crippen molar-refractivity contribution in [2.45, 2.75) is 13.0 Å². The summed E-state index contributed by atoms with van der Waals surface area (Å²) < 4.78 is 5.28. The number of rotatable bonds is 3. The molecule has 2 heterocycles. The molecular weight excluding hydrogens is 232 g/mol. The Morgan fingerprint density at radius 3 is 2.78 bits per heavy atom. The molecule has 0 aliphatic carbocycles. The zero-order valence-corrected chi connectivity index (χ0v) is 10.4. The topological polar surface area (TPSA) is 80.5 Å². The molecule has 0 unspecified atom stereocenters. The highest BCUT2D eigenvalue weighted by molar-refractivity contribution is 5.94. The van der Waals surface area contributed by atoms with Gasteiger partial charge in [0.1, 0.15) is 5.82 Å². The van der Waals surface area contributed by atoms with E-state index in [-0.39, 0.29) is 5.91 Å². The first kappa shape index (κ1) is 12.8. The normalized spacial score (nSPS) is 17.3. The van der Waals surface area contributed by atoms with Gasteiger partial charge in [0.2, 0.25) is 5.91 Å². The number of morpholine rings is 1. The lowest BCUT2D eigenvalue weighted by Crippen LogP contribution is -2.36. The van der Waals surface area contributed by atoms with Gasteiger partial charge in [-0.05, 0) is 19.1 Å². The second-order valence-corrected chi connectivity index (χ2v) is 4.28. The molecule has 1 fully saturated rings. The molecule has 1 aliphatic heterocycles. The number of ether oxygens (including phenoxy) is 1. The Bertz CT molecular complexity index is 399. The fourth-order valence-corrected chi connectivity index (χ4v) is 1.70. The van der Waals surface area contributed by atoms with E-state index in [1.165, 1.54) is 0 Å². The van der Waals surface area contributed by atoms with Crippen LogP contribution in [0.2, 0.25) is 0 Å². The van der Waals surface area contributed by atoms with Crippen molar-refractivity contribution in [3.8, 4) is 0 Å². The van der Waals surface area contributed by atoms with Gasteiger partial charge < -0.3 is 20.7 Å². The Kier molecular flexibility index (Phi) is 4.11. The highest BCUT2D eigenvalue weighted by Crippen LogP contribution is 2.15. The minimum atomic E-state index is -0.524. The van der Waals surface area contributed by atoms with Gasteiger partial charge in [-0.1, -0.05) is 0 Å². The van der Waals surface area contributed by atoms with Gasteiger partial charge in [-0.2, -0.15) is 0 Å². The first-order chi connectivity index (χ1) is 8.66. The van der Waals surface area contributed by atoms with E-state index in [0.717, 1.165) is 32.1 Å². The fourth-order valence-electron chi connectivity index (χ4n) is 1.70. The van der Waals surface area contributed by atoms with Gasteiger partial charge in [0.15, 0.2) is 0 Å². The van der Waals surface area contributed by atoms with Crippen molar-refractivity contribution in [1.29, 1.82) is 0 Å². The zero-order chi connectivity index (χ0) is 13.0. The average molecular weight is 250 g/mol. The number of aromatic nitrogens is 1. The molecule has 2 rings (SSSR count). The van der Waals surface area contributed by atoms with Crippen LogP contribution in [0.25, 0.3) is 0 Å². The summed E-state index contributed by atoms with van der Waals surface area (Å²) >= 11 is 0. The molecule has 18 heavy (non-hydrogen) atoms. The van der Waals surface area contributed by atoms with Gasteiger partial charge in [-0.15, -0.1) is 0 Å². The van der Waals surface area contributed by atoms with Crippen LogP contribution in [0.15, 0.2) is 18.3 Å². The van der Waals surface area contributed by atoms with E-state index in [1.54, 1.807) is 13.1 Å². The fraction of sp³-hybridized carbons (Fsp3) is 0.500. The number of hydrogen-bond acceptors (Lipinski definition) is 5. The first-order valence-electron chi connectivity index (χ1n) is 6.02. The number of anilines is 2. The summed E-state index contributed by atoms with van der Waals surface area (Å²) in [5.74, 6) is 0.688. The van der Waals surface area contributed by atoms with Crippen LogP contribution in [-0.4, -0.2) is 43.2 Å². The van der Waals surface area contributed by atoms with Crippen molar-refractivity contribution >= 4 is 17.4 Å². The molecule has 1 aromatic heterocycles. The van der Waals surface area contributed by atoms with Gasteiger partial charge in [-0.3, -0.25) is 4.79 Å². The van der Waals surface area contributed by atoms with Crippen LogP contribution >= 0.6 is 0 Å². The summed E-state index contributed by atoms with van der Waals surface area (Å²) in [5.41, 5.74) is 6.14. The minimum absolute atomic E-state index is 0.212. The van der Waals surface area contributed by atoms with Crippen molar-refractivity contribution < 1.29 is 9.53 Å². The number of hydrogen-bond donors (Lipinski definition) is 2. The Balaban J connectivity index is 1.98. The molecule has 0 aromatic carbocycles.